The number of amides is 1. The lowest BCUT2D eigenvalue weighted by atomic mass is 10.4. The predicted octanol–water partition coefficient (Wildman–Crippen LogP) is 0.0400. The third-order valence-electron chi connectivity index (χ3n) is 1.28. The fraction of sp³-hybridized carbons (Fsp3) is 0.375. The van der Waals surface area contributed by atoms with Crippen molar-refractivity contribution in [1.29, 1.82) is 0 Å². The molecule has 0 saturated heterocycles. The number of terminal acetylenes is 1. The zero-order valence-electron chi connectivity index (χ0n) is 6.09. The molecule has 1 amide bonds. The maximum atomic E-state index is 11.0. The zero-order chi connectivity index (χ0) is 8.10. The Morgan fingerprint density at radius 1 is 1.91 bits per heavy atom. The molecular formula is C8H9NO2. The largest absolute Gasteiger partial charge is 0.488 e. The molecule has 1 rings (SSSR count). The fourth-order valence-corrected chi connectivity index (χ4v) is 0.794. The standard InChI is InChI=1S/C8H9NO2/c1-2-5-9-8(10)7-4-3-6-11-7/h1,4H,3,5-6H2,(H,9,10). The van der Waals surface area contributed by atoms with Gasteiger partial charge in [0, 0.05) is 6.42 Å². The van der Waals surface area contributed by atoms with E-state index >= 15 is 0 Å². The Morgan fingerprint density at radius 2 is 2.73 bits per heavy atom. The minimum atomic E-state index is -0.222. The van der Waals surface area contributed by atoms with Crippen LogP contribution in [-0.4, -0.2) is 19.1 Å². The molecule has 58 valence electrons. The molecule has 0 aromatic carbocycles. The third kappa shape index (κ3) is 2.01. The van der Waals surface area contributed by atoms with E-state index in [1.54, 1.807) is 6.08 Å². The first-order valence-electron chi connectivity index (χ1n) is 3.39. The Bertz CT molecular complexity index is 225. The number of nitrogens with one attached hydrogen (secondary N) is 1. The number of ether oxygens (including phenoxy) is 1. The minimum Gasteiger partial charge on any atom is -0.488 e. The van der Waals surface area contributed by atoms with E-state index in [1.165, 1.54) is 0 Å². The molecule has 1 heterocycles. The Morgan fingerprint density at radius 3 is 3.27 bits per heavy atom. The summed E-state index contributed by atoms with van der Waals surface area (Å²) in [5, 5.41) is 2.51. The first kappa shape index (κ1) is 7.67. The summed E-state index contributed by atoms with van der Waals surface area (Å²) in [6.07, 6.45) is 7.51. The molecule has 0 aliphatic carbocycles. The van der Waals surface area contributed by atoms with Crippen LogP contribution in [0.2, 0.25) is 0 Å². The first-order valence-corrected chi connectivity index (χ1v) is 3.39. The summed E-state index contributed by atoms with van der Waals surface area (Å²) in [6, 6.07) is 0. The van der Waals surface area contributed by atoms with Crippen LogP contribution in [0.3, 0.4) is 0 Å². The highest BCUT2D eigenvalue weighted by Crippen LogP contribution is 2.07. The van der Waals surface area contributed by atoms with Gasteiger partial charge in [-0.2, -0.15) is 0 Å². The summed E-state index contributed by atoms with van der Waals surface area (Å²) in [6.45, 7) is 0.846. The monoisotopic (exact) mass is 151 g/mol. The Balaban J connectivity index is 2.36. The van der Waals surface area contributed by atoms with Gasteiger partial charge < -0.3 is 10.1 Å². The molecule has 0 bridgehead atoms. The van der Waals surface area contributed by atoms with Crippen LogP contribution in [0, 0.1) is 12.3 Å². The van der Waals surface area contributed by atoms with E-state index in [-0.39, 0.29) is 12.5 Å². The molecule has 0 unspecified atom stereocenters. The van der Waals surface area contributed by atoms with Crippen molar-refractivity contribution in [1.82, 2.24) is 5.32 Å². The van der Waals surface area contributed by atoms with Crippen molar-refractivity contribution in [3.63, 3.8) is 0 Å². The summed E-state index contributed by atoms with van der Waals surface area (Å²) in [5.74, 6) is 2.47. The van der Waals surface area contributed by atoms with Crippen molar-refractivity contribution < 1.29 is 9.53 Å². The first-order chi connectivity index (χ1) is 5.34. The van der Waals surface area contributed by atoms with Crippen LogP contribution in [0.25, 0.3) is 0 Å². The molecule has 11 heavy (non-hydrogen) atoms. The zero-order valence-corrected chi connectivity index (χ0v) is 6.09. The number of carbonyl (C=O) groups excluding carboxylic acids is 1. The summed E-state index contributed by atoms with van der Waals surface area (Å²) in [7, 11) is 0. The van der Waals surface area contributed by atoms with Gasteiger partial charge in [0.25, 0.3) is 5.91 Å². The van der Waals surface area contributed by atoms with Crippen LogP contribution in [0.4, 0.5) is 0 Å². The minimum absolute atomic E-state index is 0.222. The van der Waals surface area contributed by atoms with Crippen LogP contribution in [0.15, 0.2) is 11.8 Å². The van der Waals surface area contributed by atoms with Crippen LogP contribution in [0.1, 0.15) is 6.42 Å². The second-order valence-electron chi connectivity index (χ2n) is 2.09. The van der Waals surface area contributed by atoms with E-state index < -0.39 is 0 Å². The fourth-order valence-electron chi connectivity index (χ4n) is 0.794. The van der Waals surface area contributed by atoms with Gasteiger partial charge in [-0.25, -0.2) is 0 Å². The van der Waals surface area contributed by atoms with E-state index in [2.05, 4.69) is 11.2 Å². The SMILES string of the molecule is C#CCNC(=O)C1=CCCO1. The van der Waals surface area contributed by atoms with Crippen molar-refractivity contribution >= 4 is 5.91 Å². The van der Waals surface area contributed by atoms with E-state index in [0.717, 1.165) is 6.42 Å². The van der Waals surface area contributed by atoms with Gasteiger partial charge in [0.05, 0.1) is 13.2 Å². The van der Waals surface area contributed by atoms with E-state index in [4.69, 9.17) is 11.2 Å². The lowest BCUT2D eigenvalue weighted by Gasteiger charge is -2.01. The summed E-state index contributed by atoms with van der Waals surface area (Å²) in [5.41, 5.74) is 0. The molecule has 1 aliphatic rings. The highest BCUT2D eigenvalue weighted by molar-refractivity contribution is 5.91. The third-order valence-corrected chi connectivity index (χ3v) is 1.28. The lowest BCUT2D eigenvalue weighted by Crippen LogP contribution is -2.25. The number of hydrogen-bond donors (Lipinski definition) is 1. The molecule has 0 fully saturated rings. The molecule has 0 aromatic heterocycles. The van der Waals surface area contributed by atoms with Crippen molar-refractivity contribution in [2.24, 2.45) is 0 Å². The molecule has 0 radical (unpaired) electrons. The molecule has 1 aliphatic heterocycles. The molecule has 0 aromatic rings. The molecule has 0 spiro atoms. The van der Waals surface area contributed by atoms with Gasteiger partial charge in [0.1, 0.15) is 0 Å². The van der Waals surface area contributed by atoms with Gasteiger partial charge in [-0.1, -0.05) is 5.92 Å². The highest BCUT2D eigenvalue weighted by Gasteiger charge is 2.12. The normalized spacial score (nSPS) is 14.6. The summed E-state index contributed by atoms with van der Waals surface area (Å²) >= 11 is 0. The van der Waals surface area contributed by atoms with Crippen LogP contribution < -0.4 is 5.32 Å². The van der Waals surface area contributed by atoms with Crippen molar-refractivity contribution in [2.45, 2.75) is 6.42 Å². The van der Waals surface area contributed by atoms with Gasteiger partial charge in [0.15, 0.2) is 5.76 Å². The van der Waals surface area contributed by atoms with Crippen molar-refractivity contribution in [3.05, 3.63) is 11.8 Å². The summed E-state index contributed by atoms with van der Waals surface area (Å²) < 4.78 is 4.99. The van der Waals surface area contributed by atoms with Crippen molar-refractivity contribution in [2.75, 3.05) is 13.2 Å². The quantitative estimate of drug-likeness (QED) is 0.566. The number of carbonyl (C=O) groups is 1. The average Bonchev–Trinajstić information content (AvgIpc) is 2.52. The number of hydrogen-bond acceptors (Lipinski definition) is 2. The Kier molecular flexibility index (Phi) is 2.56. The number of rotatable bonds is 2. The second kappa shape index (κ2) is 3.67. The van der Waals surface area contributed by atoms with Crippen LogP contribution in [-0.2, 0) is 9.53 Å². The molecule has 0 saturated carbocycles. The molecular weight excluding hydrogens is 142 g/mol. The van der Waals surface area contributed by atoms with Crippen LogP contribution in [0.5, 0.6) is 0 Å². The van der Waals surface area contributed by atoms with E-state index in [1.807, 2.05) is 0 Å². The van der Waals surface area contributed by atoms with E-state index in [0.29, 0.717) is 12.4 Å². The Labute approximate surface area is 65.4 Å². The molecule has 3 nitrogen and oxygen atoms in total. The van der Waals surface area contributed by atoms with Gasteiger partial charge in [-0.05, 0) is 6.08 Å². The van der Waals surface area contributed by atoms with Gasteiger partial charge >= 0.3 is 0 Å². The van der Waals surface area contributed by atoms with Crippen LogP contribution >= 0.6 is 0 Å². The Hall–Kier alpha value is -1.43. The maximum Gasteiger partial charge on any atom is 0.286 e. The lowest BCUT2D eigenvalue weighted by molar-refractivity contribution is -0.120. The van der Waals surface area contributed by atoms with Gasteiger partial charge in [-0.3, -0.25) is 4.79 Å². The van der Waals surface area contributed by atoms with E-state index in [9.17, 15) is 4.79 Å². The molecule has 3 heteroatoms. The smallest absolute Gasteiger partial charge is 0.286 e. The highest BCUT2D eigenvalue weighted by atomic mass is 16.5. The van der Waals surface area contributed by atoms with Crippen molar-refractivity contribution in [3.8, 4) is 12.3 Å². The molecule has 0 atom stereocenters. The molecule has 1 N–H and O–H groups in total. The maximum absolute atomic E-state index is 11.0. The predicted molar refractivity (Wildman–Crippen MR) is 40.5 cm³/mol. The topological polar surface area (TPSA) is 38.3 Å². The average molecular weight is 151 g/mol. The van der Waals surface area contributed by atoms with Gasteiger partial charge in [0.2, 0.25) is 0 Å². The summed E-state index contributed by atoms with van der Waals surface area (Å²) in [4.78, 5) is 11.0. The van der Waals surface area contributed by atoms with Gasteiger partial charge in [-0.15, -0.1) is 6.42 Å². The second-order valence-corrected chi connectivity index (χ2v) is 2.09.